The lowest BCUT2D eigenvalue weighted by Gasteiger charge is -2.23. The first kappa shape index (κ1) is 11.5. The fourth-order valence-corrected chi connectivity index (χ4v) is 1.58. The van der Waals surface area contributed by atoms with Gasteiger partial charge in [-0.05, 0) is 31.7 Å². The monoisotopic (exact) mass is 195 g/mol. The van der Waals surface area contributed by atoms with Gasteiger partial charge in [0, 0.05) is 12.6 Å². The topological polar surface area (TPSA) is 53.0 Å². The zero-order valence-corrected chi connectivity index (χ0v) is 9.24. The highest BCUT2D eigenvalue weighted by molar-refractivity contribution is 4.93. The minimum atomic E-state index is -0.317. The van der Waals surface area contributed by atoms with Crippen LogP contribution in [0, 0.1) is 17.2 Å². The van der Waals surface area contributed by atoms with E-state index in [0.717, 1.165) is 19.0 Å². The summed E-state index contributed by atoms with van der Waals surface area (Å²) in [6, 6.07) is 2.50. The lowest BCUT2D eigenvalue weighted by molar-refractivity contribution is 0.244. The van der Waals surface area contributed by atoms with Gasteiger partial charge in [0.1, 0.15) is 6.04 Å². The average Bonchev–Trinajstić information content (AvgIpc) is 2.94. The van der Waals surface area contributed by atoms with E-state index < -0.39 is 0 Å². The van der Waals surface area contributed by atoms with Crippen LogP contribution in [0.15, 0.2) is 0 Å². The van der Waals surface area contributed by atoms with E-state index in [4.69, 9.17) is 11.0 Å². The minimum absolute atomic E-state index is 0.317. The molecule has 1 rings (SSSR count). The Labute approximate surface area is 86.9 Å². The van der Waals surface area contributed by atoms with Gasteiger partial charge in [0.2, 0.25) is 0 Å². The molecule has 1 aliphatic rings. The molecule has 0 heterocycles. The first-order chi connectivity index (χ1) is 6.63. The molecule has 3 heteroatoms. The Morgan fingerprint density at radius 1 is 1.50 bits per heavy atom. The molecule has 0 spiro atoms. The maximum absolute atomic E-state index is 8.66. The van der Waals surface area contributed by atoms with Crippen LogP contribution in [0.2, 0.25) is 0 Å². The maximum Gasteiger partial charge on any atom is 0.106 e. The molecule has 0 radical (unpaired) electrons. The van der Waals surface area contributed by atoms with Gasteiger partial charge in [0.15, 0.2) is 0 Å². The molecule has 0 aliphatic heterocycles. The van der Waals surface area contributed by atoms with E-state index in [2.05, 4.69) is 24.8 Å². The minimum Gasteiger partial charge on any atom is -0.315 e. The predicted octanol–water partition coefficient (Wildman–Crippen LogP) is 1.35. The third-order valence-electron chi connectivity index (χ3n) is 2.65. The van der Waals surface area contributed by atoms with Gasteiger partial charge in [0.25, 0.3) is 0 Å². The Balaban J connectivity index is 2.28. The highest BCUT2D eigenvalue weighted by atomic mass is 15.2. The van der Waals surface area contributed by atoms with Gasteiger partial charge >= 0.3 is 0 Å². The number of hydrogen-bond acceptors (Lipinski definition) is 3. The van der Waals surface area contributed by atoms with Crippen molar-refractivity contribution < 1.29 is 0 Å². The molecule has 0 aromatic rings. The second-order valence-electron chi connectivity index (χ2n) is 4.64. The summed E-state index contributed by atoms with van der Waals surface area (Å²) in [5.74, 6) is 0.731. The molecular weight excluding hydrogens is 174 g/mol. The van der Waals surface area contributed by atoms with Gasteiger partial charge in [-0.25, -0.2) is 0 Å². The molecule has 1 fully saturated rings. The lowest BCUT2D eigenvalue weighted by atomic mass is 10.1. The number of nitrogens with zero attached hydrogens (tertiary/aromatic N) is 2. The van der Waals surface area contributed by atoms with Crippen LogP contribution in [-0.4, -0.2) is 30.1 Å². The fourth-order valence-electron chi connectivity index (χ4n) is 1.58. The molecule has 0 bridgehead atoms. The Kier molecular flexibility index (Phi) is 4.37. The molecule has 0 aromatic heterocycles. The van der Waals surface area contributed by atoms with Crippen molar-refractivity contribution in [1.82, 2.24) is 4.90 Å². The molecule has 1 aliphatic carbocycles. The smallest absolute Gasteiger partial charge is 0.106 e. The number of rotatable bonds is 6. The summed E-state index contributed by atoms with van der Waals surface area (Å²) in [6.07, 6.45) is 3.78. The normalized spacial score (nSPS) is 18.6. The third kappa shape index (κ3) is 4.08. The highest BCUT2D eigenvalue weighted by Crippen LogP contribution is 2.27. The molecule has 14 heavy (non-hydrogen) atoms. The van der Waals surface area contributed by atoms with Gasteiger partial charge in [-0.1, -0.05) is 13.8 Å². The van der Waals surface area contributed by atoms with Gasteiger partial charge in [0.05, 0.1) is 6.07 Å². The van der Waals surface area contributed by atoms with E-state index in [1.54, 1.807) is 0 Å². The van der Waals surface area contributed by atoms with Crippen molar-refractivity contribution in [3.8, 4) is 6.07 Å². The summed E-state index contributed by atoms with van der Waals surface area (Å²) in [5.41, 5.74) is 5.64. The van der Waals surface area contributed by atoms with Crippen molar-refractivity contribution in [3.63, 3.8) is 0 Å². The summed E-state index contributed by atoms with van der Waals surface area (Å²) >= 11 is 0. The Morgan fingerprint density at radius 3 is 2.57 bits per heavy atom. The standard InChI is InChI=1S/C11H21N3/c1-9(2)5-6-14(11-3-4-11)8-10(13)7-12/h9-11H,3-6,8,13H2,1-2H3. The molecule has 0 saturated heterocycles. The zero-order valence-electron chi connectivity index (χ0n) is 9.24. The van der Waals surface area contributed by atoms with E-state index in [1.165, 1.54) is 19.3 Å². The van der Waals surface area contributed by atoms with Crippen molar-refractivity contribution in [1.29, 1.82) is 5.26 Å². The molecule has 1 unspecified atom stereocenters. The van der Waals surface area contributed by atoms with Crippen LogP contribution in [-0.2, 0) is 0 Å². The lowest BCUT2D eigenvalue weighted by Crippen LogP contribution is -2.38. The summed E-state index contributed by atoms with van der Waals surface area (Å²) in [7, 11) is 0. The van der Waals surface area contributed by atoms with Crippen molar-refractivity contribution in [2.45, 2.75) is 45.2 Å². The summed E-state index contributed by atoms with van der Waals surface area (Å²) in [6.45, 7) is 6.30. The van der Waals surface area contributed by atoms with Crippen LogP contribution in [0.1, 0.15) is 33.1 Å². The van der Waals surface area contributed by atoms with Gasteiger partial charge < -0.3 is 5.73 Å². The zero-order chi connectivity index (χ0) is 10.6. The van der Waals surface area contributed by atoms with E-state index in [-0.39, 0.29) is 6.04 Å². The third-order valence-corrected chi connectivity index (χ3v) is 2.65. The molecule has 1 saturated carbocycles. The molecule has 80 valence electrons. The van der Waals surface area contributed by atoms with E-state index in [0.29, 0.717) is 6.04 Å². The fraction of sp³-hybridized carbons (Fsp3) is 0.909. The van der Waals surface area contributed by atoms with Gasteiger partial charge in [-0.2, -0.15) is 5.26 Å². The van der Waals surface area contributed by atoms with E-state index in [9.17, 15) is 0 Å². The van der Waals surface area contributed by atoms with Crippen LogP contribution < -0.4 is 5.73 Å². The van der Waals surface area contributed by atoms with Crippen molar-refractivity contribution >= 4 is 0 Å². The Morgan fingerprint density at radius 2 is 2.14 bits per heavy atom. The van der Waals surface area contributed by atoms with Crippen molar-refractivity contribution in [3.05, 3.63) is 0 Å². The number of nitriles is 1. The number of nitrogens with two attached hydrogens (primary N) is 1. The van der Waals surface area contributed by atoms with E-state index >= 15 is 0 Å². The van der Waals surface area contributed by atoms with Crippen LogP contribution >= 0.6 is 0 Å². The van der Waals surface area contributed by atoms with Crippen LogP contribution in [0.4, 0.5) is 0 Å². The second-order valence-corrected chi connectivity index (χ2v) is 4.64. The second kappa shape index (κ2) is 5.33. The van der Waals surface area contributed by atoms with Crippen molar-refractivity contribution in [2.75, 3.05) is 13.1 Å². The van der Waals surface area contributed by atoms with Crippen LogP contribution in [0.3, 0.4) is 0 Å². The van der Waals surface area contributed by atoms with Crippen LogP contribution in [0.25, 0.3) is 0 Å². The molecular formula is C11H21N3. The molecule has 2 N–H and O–H groups in total. The summed E-state index contributed by atoms with van der Waals surface area (Å²) in [5, 5.41) is 8.66. The van der Waals surface area contributed by atoms with Crippen LogP contribution in [0.5, 0.6) is 0 Å². The molecule has 0 aromatic carbocycles. The maximum atomic E-state index is 8.66. The first-order valence-electron chi connectivity index (χ1n) is 5.52. The van der Waals surface area contributed by atoms with Crippen molar-refractivity contribution in [2.24, 2.45) is 11.7 Å². The summed E-state index contributed by atoms with van der Waals surface area (Å²) < 4.78 is 0. The van der Waals surface area contributed by atoms with Gasteiger partial charge in [-0.3, -0.25) is 4.90 Å². The molecule has 0 amide bonds. The summed E-state index contributed by atoms with van der Waals surface area (Å²) in [4.78, 5) is 2.38. The quantitative estimate of drug-likeness (QED) is 0.696. The Bertz CT molecular complexity index is 203. The SMILES string of the molecule is CC(C)CCN(CC(N)C#N)C1CC1. The Hall–Kier alpha value is -0.590. The largest absolute Gasteiger partial charge is 0.315 e. The van der Waals surface area contributed by atoms with Gasteiger partial charge in [-0.15, -0.1) is 0 Å². The molecule has 3 nitrogen and oxygen atoms in total. The first-order valence-corrected chi connectivity index (χ1v) is 5.52. The number of hydrogen-bond donors (Lipinski definition) is 1. The van der Waals surface area contributed by atoms with E-state index in [1.807, 2.05) is 0 Å². The average molecular weight is 195 g/mol. The highest BCUT2D eigenvalue weighted by Gasteiger charge is 2.29. The predicted molar refractivity (Wildman–Crippen MR) is 57.6 cm³/mol. The molecule has 1 atom stereocenters.